The van der Waals surface area contributed by atoms with Crippen LogP contribution in [0.1, 0.15) is 105 Å². The number of carbonyl (C=O) groups is 2. The molecule has 6 aliphatic rings. The Balaban J connectivity index is 0.00000368. The third kappa shape index (κ3) is 5.98. The molecule has 0 bridgehead atoms. The normalized spacial score (nSPS) is 44.2. The summed E-state index contributed by atoms with van der Waals surface area (Å²) in [7, 11) is 2.47. The molecule has 0 aromatic carbocycles. The maximum Gasteiger partial charge on any atom is 0.306 e. The van der Waals surface area contributed by atoms with E-state index < -0.39 is 0 Å². The van der Waals surface area contributed by atoms with Crippen molar-refractivity contribution >= 4 is 11.9 Å². The molecule has 4 aliphatic carbocycles. The van der Waals surface area contributed by atoms with E-state index in [1.54, 1.807) is 0 Å². The topological polar surface area (TPSA) is 65.1 Å². The number of nitrogens with zero attached hydrogens (tertiary/aromatic N) is 2. The van der Waals surface area contributed by atoms with E-state index in [1.165, 1.54) is 58.0 Å². The van der Waals surface area contributed by atoms with E-state index in [0.29, 0.717) is 42.6 Å². The lowest BCUT2D eigenvalue weighted by Gasteiger charge is -2.62. The highest BCUT2D eigenvalue weighted by Gasteiger charge is 2.67. The van der Waals surface area contributed by atoms with Gasteiger partial charge >= 0.3 is 11.9 Å². The Labute approximate surface area is 271 Å². The molecule has 8 heteroatoms. The standard InChI is InChI=1S/C35H59N2O5.BrH/c1-6-31(38)41-30-21-24-11-12-25-26(35(24,4)23-28(30)36-15-19-40-20-16-36)13-14-34(3)27(25)22-29(33(34)42-32(39)7-2)37(5)17-9-8-10-18-37;/h24-30,33H,6-23H2,1-5H3;1H/q+1;/p-1/t24?,25-,26-,27+,28?,29?,30?,33?,34+,35+;/m1./s1. The van der Waals surface area contributed by atoms with Crippen LogP contribution in [0.25, 0.3) is 0 Å². The number of hydrogen-bond donors (Lipinski definition) is 0. The Morgan fingerprint density at radius 3 is 2.23 bits per heavy atom. The van der Waals surface area contributed by atoms with Gasteiger partial charge < -0.3 is 35.7 Å². The molecule has 6 rings (SSSR count). The Kier molecular flexibility index (Phi) is 10.3. The van der Waals surface area contributed by atoms with E-state index in [-0.39, 0.29) is 58.0 Å². The first-order valence-electron chi connectivity index (χ1n) is 17.7. The first-order valence-corrected chi connectivity index (χ1v) is 17.7. The fourth-order valence-electron chi connectivity index (χ4n) is 11.5. The van der Waals surface area contributed by atoms with E-state index in [0.717, 1.165) is 50.0 Å². The number of ether oxygens (including phenoxy) is 3. The Bertz CT molecular complexity index is 999. The molecule has 2 aliphatic heterocycles. The lowest BCUT2D eigenvalue weighted by Crippen LogP contribution is -3.00. The largest absolute Gasteiger partial charge is 1.00 e. The third-order valence-electron chi connectivity index (χ3n) is 13.9. The minimum absolute atomic E-state index is 0. The Morgan fingerprint density at radius 2 is 1.56 bits per heavy atom. The van der Waals surface area contributed by atoms with Gasteiger partial charge in [0.15, 0.2) is 6.10 Å². The average molecular weight is 668 g/mol. The molecule has 0 amide bonds. The van der Waals surface area contributed by atoms with Crippen molar-refractivity contribution in [2.24, 2.45) is 34.5 Å². The minimum Gasteiger partial charge on any atom is -1.00 e. The zero-order chi connectivity index (χ0) is 29.7. The maximum atomic E-state index is 12.9. The van der Waals surface area contributed by atoms with E-state index in [1.807, 2.05) is 13.8 Å². The number of rotatable bonds is 6. The highest BCUT2D eigenvalue weighted by molar-refractivity contribution is 5.69. The quantitative estimate of drug-likeness (QED) is 0.321. The molecular formula is C35H59BrN2O5. The molecule has 0 N–H and O–H groups in total. The fraction of sp³-hybridized carbons (Fsp3) is 0.943. The summed E-state index contributed by atoms with van der Waals surface area (Å²) >= 11 is 0. The lowest BCUT2D eigenvalue weighted by molar-refractivity contribution is -0.940. The fourth-order valence-corrected chi connectivity index (χ4v) is 11.5. The summed E-state index contributed by atoms with van der Waals surface area (Å²) in [5.74, 6) is 2.53. The molecule has 10 atom stereocenters. The second-order valence-electron chi connectivity index (χ2n) is 15.8. The SMILES string of the molecule is CCC(=O)OC1CC2CC[C@@H]3[C@@H](CC[C@]4(C)C(OC(=O)CC)C([N+]5(C)CCCCC5)C[C@@H]34)[C@@]2(C)CC1N1CCOCC1.[Br-]. The van der Waals surface area contributed by atoms with E-state index in [4.69, 9.17) is 14.2 Å². The number of quaternary nitrogens is 1. The van der Waals surface area contributed by atoms with Crippen molar-refractivity contribution in [3.8, 4) is 0 Å². The van der Waals surface area contributed by atoms with Gasteiger partial charge in [-0.25, -0.2) is 0 Å². The molecule has 7 nitrogen and oxygen atoms in total. The van der Waals surface area contributed by atoms with Crippen molar-refractivity contribution in [1.29, 1.82) is 0 Å². The van der Waals surface area contributed by atoms with Crippen molar-refractivity contribution in [2.75, 3.05) is 46.4 Å². The second-order valence-corrected chi connectivity index (χ2v) is 15.8. The number of fused-ring (bicyclic) bond motifs is 5. The van der Waals surface area contributed by atoms with Crippen LogP contribution in [0, 0.1) is 34.5 Å². The number of likely N-dealkylation sites (tertiary alicyclic amines) is 1. The summed E-state index contributed by atoms with van der Waals surface area (Å²) < 4.78 is 19.5. The van der Waals surface area contributed by atoms with Crippen LogP contribution in [-0.4, -0.2) is 92.1 Å². The predicted molar refractivity (Wildman–Crippen MR) is 163 cm³/mol. The number of carbonyl (C=O) groups excluding carboxylic acids is 2. The second kappa shape index (κ2) is 13.2. The molecule has 0 radical (unpaired) electrons. The number of likely N-dealkylation sites (N-methyl/N-ethyl adjacent to an activating group) is 1. The first-order chi connectivity index (χ1) is 20.1. The van der Waals surface area contributed by atoms with Gasteiger partial charge in [-0.2, -0.15) is 0 Å². The van der Waals surface area contributed by atoms with Crippen molar-refractivity contribution in [1.82, 2.24) is 4.90 Å². The number of esters is 2. The summed E-state index contributed by atoms with van der Waals surface area (Å²) in [5.41, 5.74) is 0.315. The van der Waals surface area contributed by atoms with Gasteiger partial charge in [0.2, 0.25) is 0 Å². The van der Waals surface area contributed by atoms with Gasteiger partial charge in [0.05, 0.1) is 33.4 Å². The van der Waals surface area contributed by atoms with Crippen molar-refractivity contribution < 1.29 is 45.3 Å². The molecular weight excluding hydrogens is 608 g/mol. The van der Waals surface area contributed by atoms with Crippen LogP contribution < -0.4 is 17.0 Å². The molecule has 4 saturated carbocycles. The minimum atomic E-state index is -0.0528. The molecule has 2 heterocycles. The molecule has 0 aromatic rings. The lowest BCUT2D eigenvalue weighted by atomic mass is 9.44. The number of halogens is 1. The molecule has 2 saturated heterocycles. The maximum absolute atomic E-state index is 12.9. The zero-order valence-corrected chi connectivity index (χ0v) is 29.2. The molecule has 5 unspecified atom stereocenters. The summed E-state index contributed by atoms with van der Waals surface area (Å²) in [6, 6.07) is 0.704. The average Bonchev–Trinajstić information content (AvgIpc) is 3.30. The van der Waals surface area contributed by atoms with Gasteiger partial charge in [0, 0.05) is 43.8 Å². The van der Waals surface area contributed by atoms with Crippen molar-refractivity contribution in [3.05, 3.63) is 0 Å². The van der Waals surface area contributed by atoms with E-state index in [2.05, 4.69) is 25.8 Å². The van der Waals surface area contributed by atoms with Crippen LogP contribution in [0.5, 0.6) is 0 Å². The Hall–Kier alpha value is -0.700. The van der Waals surface area contributed by atoms with Crippen molar-refractivity contribution in [2.45, 2.75) is 129 Å². The smallest absolute Gasteiger partial charge is 0.306 e. The summed E-state index contributed by atoms with van der Waals surface area (Å²) in [4.78, 5) is 28.0. The number of morpholine rings is 1. The number of piperidine rings is 1. The number of hydrogen-bond acceptors (Lipinski definition) is 6. The monoisotopic (exact) mass is 666 g/mol. The molecule has 6 fully saturated rings. The Morgan fingerprint density at radius 1 is 0.884 bits per heavy atom. The van der Waals surface area contributed by atoms with Crippen molar-refractivity contribution in [3.63, 3.8) is 0 Å². The van der Waals surface area contributed by atoms with Gasteiger partial charge in [-0.1, -0.05) is 27.7 Å². The van der Waals surface area contributed by atoms with Gasteiger partial charge in [-0.15, -0.1) is 0 Å². The van der Waals surface area contributed by atoms with Crippen LogP contribution in [0.4, 0.5) is 0 Å². The van der Waals surface area contributed by atoms with Gasteiger partial charge in [-0.3, -0.25) is 14.5 Å². The zero-order valence-electron chi connectivity index (χ0n) is 27.7. The van der Waals surface area contributed by atoms with Crippen LogP contribution in [0.15, 0.2) is 0 Å². The highest BCUT2D eigenvalue weighted by atomic mass is 79.9. The van der Waals surface area contributed by atoms with Gasteiger partial charge in [0.25, 0.3) is 0 Å². The van der Waals surface area contributed by atoms with Crippen LogP contribution in [-0.2, 0) is 23.8 Å². The molecule has 43 heavy (non-hydrogen) atoms. The summed E-state index contributed by atoms with van der Waals surface area (Å²) in [5, 5.41) is 0. The van der Waals surface area contributed by atoms with E-state index >= 15 is 0 Å². The summed E-state index contributed by atoms with van der Waals surface area (Å²) in [6.45, 7) is 14.8. The van der Waals surface area contributed by atoms with E-state index in [9.17, 15) is 9.59 Å². The van der Waals surface area contributed by atoms with Crippen LogP contribution in [0.3, 0.4) is 0 Å². The van der Waals surface area contributed by atoms with Gasteiger partial charge in [-0.05, 0) is 86.9 Å². The third-order valence-corrected chi connectivity index (χ3v) is 13.9. The molecule has 246 valence electrons. The van der Waals surface area contributed by atoms with Gasteiger partial charge in [0.1, 0.15) is 12.1 Å². The first kappa shape index (κ1) is 33.7. The predicted octanol–water partition coefficient (Wildman–Crippen LogP) is 2.60. The molecule has 0 spiro atoms. The van der Waals surface area contributed by atoms with Crippen LogP contribution >= 0.6 is 0 Å². The highest BCUT2D eigenvalue weighted by Crippen LogP contribution is 2.67. The summed E-state index contributed by atoms with van der Waals surface area (Å²) in [6.07, 6.45) is 13.1. The molecule has 0 aromatic heterocycles. The van der Waals surface area contributed by atoms with Crippen LogP contribution in [0.2, 0.25) is 0 Å².